The molecule has 3 heterocycles. The van der Waals surface area contributed by atoms with Gasteiger partial charge in [0.05, 0.1) is 23.4 Å². The predicted octanol–water partition coefficient (Wildman–Crippen LogP) is 4.73. The number of benzene rings is 1. The van der Waals surface area contributed by atoms with E-state index in [-0.39, 0.29) is 0 Å². The van der Waals surface area contributed by atoms with Crippen LogP contribution in [-0.2, 0) is 6.54 Å². The van der Waals surface area contributed by atoms with Gasteiger partial charge in [0.25, 0.3) is 0 Å². The summed E-state index contributed by atoms with van der Waals surface area (Å²) in [6.45, 7) is 4.76. The van der Waals surface area contributed by atoms with Crippen molar-refractivity contribution in [3.05, 3.63) is 76.6 Å². The highest BCUT2D eigenvalue weighted by atomic mass is 32.1. The van der Waals surface area contributed by atoms with Crippen molar-refractivity contribution < 1.29 is 0 Å². The zero-order valence-electron chi connectivity index (χ0n) is 14.2. The van der Waals surface area contributed by atoms with Crippen molar-refractivity contribution in [2.75, 3.05) is 0 Å². The monoisotopic (exact) mass is 346 g/mol. The summed E-state index contributed by atoms with van der Waals surface area (Å²) in [6.07, 6.45) is 2.00. The third kappa shape index (κ3) is 3.51. The van der Waals surface area contributed by atoms with E-state index in [4.69, 9.17) is 5.10 Å². The number of nitrogens with zero attached hydrogens (tertiary/aromatic N) is 4. The Morgan fingerprint density at radius 1 is 0.960 bits per heavy atom. The zero-order chi connectivity index (χ0) is 17.2. The summed E-state index contributed by atoms with van der Waals surface area (Å²) in [5, 5.41) is 6.75. The van der Waals surface area contributed by atoms with Crippen LogP contribution in [0.5, 0.6) is 0 Å². The van der Waals surface area contributed by atoms with Crippen LogP contribution in [0.15, 0.2) is 59.6 Å². The highest BCUT2D eigenvalue weighted by molar-refractivity contribution is 7.07. The van der Waals surface area contributed by atoms with E-state index >= 15 is 0 Å². The van der Waals surface area contributed by atoms with Crippen LogP contribution in [0.1, 0.15) is 17.1 Å². The Balaban J connectivity index is 1.64. The van der Waals surface area contributed by atoms with E-state index in [1.54, 1.807) is 11.3 Å². The second kappa shape index (κ2) is 6.61. The van der Waals surface area contributed by atoms with Gasteiger partial charge in [0.1, 0.15) is 0 Å². The molecule has 0 saturated heterocycles. The summed E-state index contributed by atoms with van der Waals surface area (Å²) < 4.78 is 1.93. The van der Waals surface area contributed by atoms with E-state index in [2.05, 4.69) is 57.8 Å². The first-order valence-corrected chi connectivity index (χ1v) is 9.08. The smallest absolute Gasteiger partial charge is 0.0923 e. The molecular formula is C20H18N4S. The molecule has 1 aromatic carbocycles. The van der Waals surface area contributed by atoms with Gasteiger partial charge < -0.3 is 0 Å². The number of aromatic nitrogens is 4. The number of pyridine rings is 1. The van der Waals surface area contributed by atoms with Gasteiger partial charge in [0.15, 0.2) is 0 Å². The predicted molar refractivity (Wildman–Crippen MR) is 102 cm³/mol. The van der Waals surface area contributed by atoms with Gasteiger partial charge in [-0.1, -0.05) is 18.2 Å². The fourth-order valence-corrected chi connectivity index (χ4v) is 3.49. The second-order valence-electron chi connectivity index (χ2n) is 6.10. The van der Waals surface area contributed by atoms with Crippen molar-refractivity contribution in [1.82, 2.24) is 19.7 Å². The molecule has 0 unspecified atom stereocenters. The molecule has 0 atom stereocenters. The summed E-state index contributed by atoms with van der Waals surface area (Å²) in [7, 11) is 0. The van der Waals surface area contributed by atoms with E-state index in [1.807, 2.05) is 30.2 Å². The number of rotatable bonds is 4. The lowest BCUT2D eigenvalue weighted by atomic mass is 10.0. The van der Waals surface area contributed by atoms with Crippen LogP contribution < -0.4 is 0 Å². The third-order valence-electron chi connectivity index (χ3n) is 4.02. The van der Waals surface area contributed by atoms with E-state index in [9.17, 15) is 0 Å². The molecule has 3 aromatic heterocycles. The average Bonchev–Trinajstić information content (AvgIpc) is 3.27. The van der Waals surface area contributed by atoms with Crippen molar-refractivity contribution in [1.29, 1.82) is 0 Å². The van der Waals surface area contributed by atoms with Gasteiger partial charge in [0.2, 0.25) is 0 Å². The third-order valence-corrected chi connectivity index (χ3v) is 4.66. The highest BCUT2D eigenvalue weighted by Gasteiger charge is 2.07. The van der Waals surface area contributed by atoms with Crippen LogP contribution >= 0.6 is 11.3 Å². The molecular weight excluding hydrogens is 328 g/mol. The van der Waals surface area contributed by atoms with Crippen LogP contribution in [0.4, 0.5) is 0 Å². The fraction of sp³-hybridized carbons (Fsp3) is 0.150. The molecule has 0 aliphatic carbocycles. The van der Waals surface area contributed by atoms with Gasteiger partial charge in [-0.25, -0.2) is 4.98 Å². The van der Waals surface area contributed by atoms with Crippen LogP contribution in [0, 0.1) is 13.8 Å². The largest absolute Gasteiger partial charge is 0.266 e. The van der Waals surface area contributed by atoms with E-state index in [1.165, 1.54) is 11.1 Å². The highest BCUT2D eigenvalue weighted by Crippen LogP contribution is 2.26. The molecule has 0 aliphatic rings. The van der Waals surface area contributed by atoms with Gasteiger partial charge in [-0.15, -0.1) is 11.3 Å². The molecule has 0 spiro atoms. The van der Waals surface area contributed by atoms with Gasteiger partial charge in [-0.2, -0.15) is 5.10 Å². The standard InChI is InChI=1S/C20H18N4S/c1-14-8-18(9-15(2)22-14)16-4-3-5-17(10-16)20-6-7-24(23-20)11-19-12-25-13-21-19/h3-10,12-13H,11H2,1-2H3. The minimum atomic E-state index is 0.700. The number of hydrogen-bond acceptors (Lipinski definition) is 4. The van der Waals surface area contributed by atoms with Crippen molar-refractivity contribution in [3.63, 3.8) is 0 Å². The Bertz CT molecular complexity index is 982. The minimum absolute atomic E-state index is 0.700. The summed E-state index contributed by atoms with van der Waals surface area (Å²) in [4.78, 5) is 8.77. The first-order chi connectivity index (χ1) is 12.2. The van der Waals surface area contributed by atoms with Gasteiger partial charge in [-0.3, -0.25) is 9.67 Å². The first kappa shape index (κ1) is 15.7. The number of hydrogen-bond donors (Lipinski definition) is 0. The van der Waals surface area contributed by atoms with Crippen LogP contribution in [0.2, 0.25) is 0 Å². The molecule has 0 N–H and O–H groups in total. The molecule has 124 valence electrons. The maximum atomic E-state index is 4.69. The summed E-state index contributed by atoms with van der Waals surface area (Å²) in [5.41, 5.74) is 9.41. The van der Waals surface area contributed by atoms with Gasteiger partial charge >= 0.3 is 0 Å². The average molecular weight is 346 g/mol. The van der Waals surface area contributed by atoms with Gasteiger partial charge in [0, 0.05) is 28.5 Å². The molecule has 4 rings (SSSR count). The van der Waals surface area contributed by atoms with E-state index in [0.717, 1.165) is 28.3 Å². The fourth-order valence-electron chi connectivity index (χ4n) is 2.94. The second-order valence-corrected chi connectivity index (χ2v) is 6.82. The molecule has 0 bridgehead atoms. The molecule has 0 aliphatic heterocycles. The zero-order valence-corrected chi connectivity index (χ0v) is 15.0. The summed E-state index contributed by atoms with van der Waals surface area (Å²) >= 11 is 1.61. The number of aryl methyl sites for hydroxylation is 2. The number of thiazole rings is 1. The normalized spacial score (nSPS) is 11.0. The SMILES string of the molecule is Cc1cc(-c2cccc(-c3ccn(Cc4cscn4)n3)c2)cc(C)n1. The molecule has 4 aromatic rings. The lowest BCUT2D eigenvalue weighted by Crippen LogP contribution is -2.00. The molecule has 0 radical (unpaired) electrons. The molecule has 0 fully saturated rings. The van der Waals surface area contributed by atoms with Crippen molar-refractivity contribution in [2.24, 2.45) is 0 Å². The lowest BCUT2D eigenvalue weighted by molar-refractivity contribution is 0.678. The van der Waals surface area contributed by atoms with Crippen molar-refractivity contribution in [3.8, 4) is 22.4 Å². The van der Waals surface area contributed by atoms with Crippen molar-refractivity contribution in [2.45, 2.75) is 20.4 Å². The Labute approximate surface area is 150 Å². The van der Waals surface area contributed by atoms with Crippen LogP contribution in [0.25, 0.3) is 22.4 Å². The topological polar surface area (TPSA) is 43.6 Å². The molecule has 0 amide bonds. The maximum Gasteiger partial charge on any atom is 0.0923 e. The lowest BCUT2D eigenvalue weighted by Gasteiger charge is -2.06. The van der Waals surface area contributed by atoms with E-state index in [0.29, 0.717) is 6.54 Å². The van der Waals surface area contributed by atoms with Crippen molar-refractivity contribution >= 4 is 11.3 Å². The summed E-state index contributed by atoms with van der Waals surface area (Å²) in [6, 6.07) is 14.8. The minimum Gasteiger partial charge on any atom is -0.266 e. The Hall–Kier alpha value is -2.79. The molecule has 4 nitrogen and oxygen atoms in total. The Kier molecular flexibility index (Phi) is 4.15. The van der Waals surface area contributed by atoms with E-state index < -0.39 is 0 Å². The van der Waals surface area contributed by atoms with Gasteiger partial charge in [-0.05, 0) is 49.2 Å². The first-order valence-electron chi connectivity index (χ1n) is 8.14. The Morgan fingerprint density at radius 2 is 1.76 bits per heavy atom. The molecule has 5 heteroatoms. The quantitative estimate of drug-likeness (QED) is 0.536. The maximum absolute atomic E-state index is 4.69. The molecule has 25 heavy (non-hydrogen) atoms. The van der Waals surface area contributed by atoms with Crippen LogP contribution in [0.3, 0.4) is 0 Å². The molecule has 0 saturated carbocycles. The summed E-state index contributed by atoms with van der Waals surface area (Å²) in [5.74, 6) is 0. The van der Waals surface area contributed by atoms with Crippen LogP contribution in [-0.4, -0.2) is 19.7 Å². The Morgan fingerprint density at radius 3 is 2.52 bits per heavy atom.